The van der Waals surface area contributed by atoms with E-state index in [1.807, 2.05) is 6.08 Å². The van der Waals surface area contributed by atoms with Crippen LogP contribution >= 0.6 is 0 Å². The normalized spacial score (nSPS) is 27.3. The van der Waals surface area contributed by atoms with Crippen molar-refractivity contribution in [1.82, 2.24) is 4.90 Å². The van der Waals surface area contributed by atoms with Crippen LogP contribution in [0.5, 0.6) is 0 Å². The zero-order chi connectivity index (χ0) is 12.5. The SMILES string of the molecule is C=CCN1CCCC2c3ccc(N)cc3CCC21. The van der Waals surface area contributed by atoms with E-state index in [1.165, 1.54) is 37.8 Å². The number of hydrogen-bond donors (Lipinski definition) is 1. The van der Waals surface area contributed by atoms with Crippen molar-refractivity contribution >= 4 is 5.69 Å². The van der Waals surface area contributed by atoms with Gasteiger partial charge in [-0.25, -0.2) is 0 Å². The summed E-state index contributed by atoms with van der Waals surface area (Å²) in [6.07, 6.45) is 7.12. The van der Waals surface area contributed by atoms with Gasteiger partial charge >= 0.3 is 0 Å². The molecule has 1 saturated heterocycles. The van der Waals surface area contributed by atoms with Gasteiger partial charge in [-0.1, -0.05) is 12.1 Å². The molecule has 0 aromatic heterocycles. The minimum atomic E-state index is 0.711. The van der Waals surface area contributed by atoms with Gasteiger partial charge in [0, 0.05) is 18.3 Å². The number of piperidine rings is 1. The van der Waals surface area contributed by atoms with Gasteiger partial charge < -0.3 is 5.73 Å². The van der Waals surface area contributed by atoms with Gasteiger partial charge in [0.25, 0.3) is 0 Å². The zero-order valence-electron chi connectivity index (χ0n) is 10.9. The summed E-state index contributed by atoms with van der Waals surface area (Å²) in [5, 5.41) is 0. The van der Waals surface area contributed by atoms with E-state index in [9.17, 15) is 0 Å². The summed E-state index contributed by atoms with van der Waals surface area (Å²) in [6.45, 7) is 6.16. The molecule has 2 unspecified atom stereocenters. The summed E-state index contributed by atoms with van der Waals surface area (Å²) in [5.74, 6) is 0.711. The largest absolute Gasteiger partial charge is 0.399 e. The molecule has 0 saturated carbocycles. The van der Waals surface area contributed by atoms with Crippen LogP contribution in [0.1, 0.15) is 36.3 Å². The molecule has 0 radical (unpaired) electrons. The maximum atomic E-state index is 5.90. The Balaban J connectivity index is 1.91. The molecule has 2 heteroatoms. The molecular formula is C16H22N2. The van der Waals surface area contributed by atoms with Crippen LogP contribution in [0, 0.1) is 0 Å². The van der Waals surface area contributed by atoms with Crippen molar-refractivity contribution in [3.63, 3.8) is 0 Å². The van der Waals surface area contributed by atoms with E-state index in [0.717, 1.165) is 12.2 Å². The Morgan fingerprint density at radius 1 is 1.39 bits per heavy atom. The Bertz CT molecular complexity index is 452. The first-order valence-electron chi connectivity index (χ1n) is 7.03. The zero-order valence-corrected chi connectivity index (χ0v) is 10.9. The van der Waals surface area contributed by atoms with E-state index in [0.29, 0.717) is 12.0 Å². The maximum absolute atomic E-state index is 5.90. The molecule has 0 spiro atoms. The second-order valence-electron chi connectivity index (χ2n) is 5.60. The number of hydrogen-bond acceptors (Lipinski definition) is 2. The summed E-state index contributed by atoms with van der Waals surface area (Å²) in [4.78, 5) is 2.61. The van der Waals surface area contributed by atoms with Crippen LogP contribution < -0.4 is 5.73 Å². The van der Waals surface area contributed by atoms with Crippen molar-refractivity contribution in [3.8, 4) is 0 Å². The number of aryl methyl sites for hydroxylation is 1. The minimum Gasteiger partial charge on any atom is -0.399 e. The van der Waals surface area contributed by atoms with Gasteiger partial charge in [-0.3, -0.25) is 4.90 Å². The standard InChI is InChI=1S/C16H22N2/c1-2-9-18-10-3-4-15-14-7-6-13(17)11-12(14)5-8-16(15)18/h2,6-7,11,15-16H,1,3-5,8-10,17H2. The molecule has 2 atom stereocenters. The maximum Gasteiger partial charge on any atom is 0.0316 e. The molecule has 2 aliphatic rings. The second-order valence-corrected chi connectivity index (χ2v) is 5.60. The first kappa shape index (κ1) is 11.8. The second kappa shape index (κ2) is 4.77. The smallest absolute Gasteiger partial charge is 0.0316 e. The first-order valence-corrected chi connectivity index (χ1v) is 7.03. The molecule has 96 valence electrons. The summed E-state index contributed by atoms with van der Waals surface area (Å²) < 4.78 is 0. The predicted molar refractivity (Wildman–Crippen MR) is 76.7 cm³/mol. The lowest BCUT2D eigenvalue weighted by molar-refractivity contribution is 0.126. The van der Waals surface area contributed by atoms with Crippen molar-refractivity contribution in [2.24, 2.45) is 0 Å². The molecule has 18 heavy (non-hydrogen) atoms. The van der Waals surface area contributed by atoms with Crippen LogP contribution in [0.4, 0.5) is 5.69 Å². The molecule has 1 aromatic carbocycles. The van der Waals surface area contributed by atoms with E-state index in [4.69, 9.17) is 5.73 Å². The van der Waals surface area contributed by atoms with Gasteiger partial charge in [0.1, 0.15) is 0 Å². The number of anilines is 1. The number of nitrogens with two attached hydrogens (primary N) is 1. The lowest BCUT2D eigenvalue weighted by Gasteiger charge is -2.44. The van der Waals surface area contributed by atoms with E-state index in [-0.39, 0.29) is 0 Å². The van der Waals surface area contributed by atoms with E-state index in [1.54, 1.807) is 5.56 Å². The average molecular weight is 242 g/mol. The van der Waals surface area contributed by atoms with Gasteiger partial charge in [-0.15, -0.1) is 6.58 Å². The van der Waals surface area contributed by atoms with Gasteiger partial charge in [0.2, 0.25) is 0 Å². The fraction of sp³-hybridized carbons (Fsp3) is 0.500. The third-order valence-electron chi connectivity index (χ3n) is 4.53. The Morgan fingerprint density at radius 3 is 3.11 bits per heavy atom. The van der Waals surface area contributed by atoms with Crippen molar-refractivity contribution in [1.29, 1.82) is 0 Å². The highest BCUT2D eigenvalue weighted by atomic mass is 15.2. The molecule has 2 N–H and O–H groups in total. The van der Waals surface area contributed by atoms with Crippen LogP contribution in [0.3, 0.4) is 0 Å². The number of nitrogen functional groups attached to an aromatic ring is 1. The van der Waals surface area contributed by atoms with Crippen LogP contribution in [0.2, 0.25) is 0 Å². The Kier molecular flexibility index (Phi) is 3.13. The lowest BCUT2D eigenvalue weighted by Crippen LogP contribution is -2.46. The van der Waals surface area contributed by atoms with E-state index in [2.05, 4.69) is 29.7 Å². The molecule has 0 amide bonds. The van der Waals surface area contributed by atoms with Crippen molar-refractivity contribution < 1.29 is 0 Å². The van der Waals surface area contributed by atoms with Gasteiger partial charge in [0.05, 0.1) is 0 Å². The third kappa shape index (κ3) is 1.95. The van der Waals surface area contributed by atoms with Crippen LogP contribution in [-0.4, -0.2) is 24.0 Å². The minimum absolute atomic E-state index is 0.711. The summed E-state index contributed by atoms with van der Waals surface area (Å²) in [7, 11) is 0. The van der Waals surface area contributed by atoms with Crippen molar-refractivity contribution in [2.75, 3.05) is 18.8 Å². The summed E-state index contributed by atoms with van der Waals surface area (Å²) in [6, 6.07) is 7.22. The van der Waals surface area contributed by atoms with Crippen LogP contribution in [0.25, 0.3) is 0 Å². The molecule has 1 aliphatic heterocycles. The fourth-order valence-electron chi connectivity index (χ4n) is 3.77. The van der Waals surface area contributed by atoms with Crippen LogP contribution in [0.15, 0.2) is 30.9 Å². The van der Waals surface area contributed by atoms with Gasteiger partial charge in [-0.05, 0) is 61.4 Å². The number of benzene rings is 1. The molecular weight excluding hydrogens is 220 g/mol. The van der Waals surface area contributed by atoms with Crippen molar-refractivity contribution in [2.45, 2.75) is 37.6 Å². The number of fused-ring (bicyclic) bond motifs is 3. The van der Waals surface area contributed by atoms with Crippen LogP contribution in [-0.2, 0) is 6.42 Å². The molecule has 2 nitrogen and oxygen atoms in total. The highest BCUT2D eigenvalue weighted by molar-refractivity contribution is 5.47. The van der Waals surface area contributed by atoms with E-state index >= 15 is 0 Å². The number of likely N-dealkylation sites (tertiary alicyclic amines) is 1. The predicted octanol–water partition coefficient (Wildman–Crippen LogP) is 2.95. The number of rotatable bonds is 2. The highest BCUT2D eigenvalue weighted by Gasteiger charge is 2.35. The van der Waals surface area contributed by atoms with E-state index < -0.39 is 0 Å². The molecule has 3 rings (SSSR count). The van der Waals surface area contributed by atoms with Crippen molar-refractivity contribution in [3.05, 3.63) is 42.0 Å². The summed E-state index contributed by atoms with van der Waals surface area (Å²) in [5.41, 5.74) is 9.84. The summed E-state index contributed by atoms with van der Waals surface area (Å²) >= 11 is 0. The third-order valence-corrected chi connectivity index (χ3v) is 4.53. The molecule has 1 aromatic rings. The highest BCUT2D eigenvalue weighted by Crippen LogP contribution is 2.41. The number of nitrogens with zero attached hydrogens (tertiary/aromatic N) is 1. The Morgan fingerprint density at radius 2 is 2.28 bits per heavy atom. The molecule has 0 bridgehead atoms. The van der Waals surface area contributed by atoms with Gasteiger partial charge in [0.15, 0.2) is 0 Å². The fourth-order valence-corrected chi connectivity index (χ4v) is 3.77. The molecule has 1 heterocycles. The quantitative estimate of drug-likeness (QED) is 0.638. The molecule has 1 fully saturated rings. The molecule has 1 aliphatic carbocycles. The average Bonchev–Trinajstić information content (AvgIpc) is 2.38. The lowest BCUT2D eigenvalue weighted by atomic mass is 9.74. The Labute approximate surface area is 109 Å². The Hall–Kier alpha value is -1.28. The first-order chi connectivity index (χ1) is 8.79. The van der Waals surface area contributed by atoms with Gasteiger partial charge in [-0.2, -0.15) is 0 Å². The monoisotopic (exact) mass is 242 g/mol. The topological polar surface area (TPSA) is 29.3 Å².